The summed E-state index contributed by atoms with van der Waals surface area (Å²) in [6.45, 7) is 2.42. The molecule has 132 valence electrons. The smallest absolute Gasteiger partial charge is 0.319 e. The summed E-state index contributed by atoms with van der Waals surface area (Å²) in [7, 11) is 0. The van der Waals surface area contributed by atoms with Crippen LogP contribution in [0, 0.1) is 0 Å². The van der Waals surface area contributed by atoms with E-state index >= 15 is 0 Å². The zero-order valence-corrected chi connectivity index (χ0v) is 12.9. The summed E-state index contributed by atoms with van der Waals surface area (Å²) in [6.07, 6.45) is -10.9. The topological polar surface area (TPSA) is 28.0 Å². The number of amidine groups is 2. The molecule has 3 nitrogen and oxygen atoms in total. The molecule has 0 aromatic heterocycles. The van der Waals surface area contributed by atoms with Crippen molar-refractivity contribution in [3.05, 3.63) is 35.9 Å². The fourth-order valence-electron chi connectivity index (χ4n) is 2.47. The van der Waals surface area contributed by atoms with Crippen LogP contribution in [-0.4, -0.2) is 41.1 Å². The Hall–Kier alpha value is -2.06. The molecule has 0 radical (unpaired) electrons. The van der Waals surface area contributed by atoms with Crippen molar-refractivity contribution in [1.29, 1.82) is 0 Å². The summed E-state index contributed by atoms with van der Waals surface area (Å²) in [5.41, 5.74) is -3.53. The van der Waals surface area contributed by atoms with Crippen LogP contribution < -0.4 is 0 Å². The third-order valence-electron chi connectivity index (χ3n) is 3.69. The van der Waals surface area contributed by atoms with Crippen LogP contribution in [-0.2, 0) is 6.42 Å². The number of rotatable bonds is 3. The van der Waals surface area contributed by atoms with Crippen molar-refractivity contribution in [2.45, 2.75) is 38.3 Å². The second kappa shape index (κ2) is 6.10. The minimum atomic E-state index is -5.67. The molecule has 0 N–H and O–H groups in total. The van der Waals surface area contributed by atoms with Gasteiger partial charge < -0.3 is 4.90 Å². The van der Waals surface area contributed by atoms with Crippen molar-refractivity contribution in [2.24, 2.45) is 9.98 Å². The van der Waals surface area contributed by atoms with Gasteiger partial charge in [-0.15, -0.1) is 0 Å². The van der Waals surface area contributed by atoms with Gasteiger partial charge in [0.2, 0.25) is 0 Å². The highest BCUT2D eigenvalue weighted by Gasteiger charge is 2.73. The predicted octanol–water partition coefficient (Wildman–Crippen LogP) is 4.20. The van der Waals surface area contributed by atoms with E-state index in [2.05, 4.69) is 9.98 Å². The van der Waals surface area contributed by atoms with E-state index in [9.17, 15) is 26.3 Å². The van der Waals surface area contributed by atoms with Crippen LogP contribution in [0.2, 0.25) is 0 Å². The summed E-state index contributed by atoms with van der Waals surface area (Å²) in [4.78, 5) is 7.06. The molecule has 0 bridgehead atoms. The summed E-state index contributed by atoms with van der Waals surface area (Å²) < 4.78 is 78.4. The summed E-state index contributed by atoms with van der Waals surface area (Å²) in [6, 6.07) is 9.04. The maximum absolute atomic E-state index is 13.1. The van der Waals surface area contributed by atoms with E-state index in [1.807, 2.05) is 18.2 Å². The normalized spacial score (nSPS) is 18.2. The van der Waals surface area contributed by atoms with Crippen LogP contribution >= 0.6 is 0 Å². The lowest BCUT2D eigenvalue weighted by atomic mass is 10.1. The van der Waals surface area contributed by atoms with Crippen LogP contribution in [0.3, 0.4) is 0 Å². The summed E-state index contributed by atoms with van der Waals surface area (Å²) in [5, 5.41) is 0. The maximum atomic E-state index is 13.1. The quantitative estimate of drug-likeness (QED) is 0.750. The Bertz CT molecular complexity index is 609. The number of alkyl halides is 6. The standard InChI is InChI=1S/C15H15F6N3/c1-10-22-13(14(16,17)18,15(19,20)21)23-11(2)24(10)9-8-12-6-4-3-5-7-12/h3-7H,8-9H2,1-2H3. The molecule has 1 heterocycles. The Morgan fingerprint density at radius 3 is 1.75 bits per heavy atom. The Kier molecular flexibility index (Phi) is 4.65. The monoisotopic (exact) mass is 351 g/mol. The largest absolute Gasteiger partial charge is 0.443 e. The van der Waals surface area contributed by atoms with Gasteiger partial charge in [0.15, 0.2) is 0 Å². The highest BCUT2D eigenvalue weighted by Crippen LogP contribution is 2.48. The summed E-state index contributed by atoms with van der Waals surface area (Å²) in [5.74, 6) is -0.735. The van der Waals surface area contributed by atoms with E-state index in [1.165, 1.54) is 4.90 Å². The van der Waals surface area contributed by atoms with E-state index < -0.39 is 18.0 Å². The molecule has 0 unspecified atom stereocenters. The predicted molar refractivity (Wildman–Crippen MR) is 77.9 cm³/mol. The second-order valence-electron chi connectivity index (χ2n) is 5.37. The zero-order valence-electron chi connectivity index (χ0n) is 12.9. The molecule has 1 aliphatic rings. The fraction of sp³-hybridized carbons (Fsp3) is 0.467. The molecule has 1 aromatic carbocycles. The Morgan fingerprint density at radius 1 is 0.875 bits per heavy atom. The second-order valence-corrected chi connectivity index (χ2v) is 5.37. The third-order valence-corrected chi connectivity index (χ3v) is 3.69. The Balaban J connectivity index is 2.30. The Morgan fingerprint density at radius 2 is 1.33 bits per heavy atom. The highest BCUT2D eigenvalue weighted by atomic mass is 19.4. The van der Waals surface area contributed by atoms with Crippen molar-refractivity contribution < 1.29 is 26.3 Å². The van der Waals surface area contributed by atoms with Gasteiger partial charge in [-0.1, -0.05) is 30.3 Å². The molecular formula is C15H15F6N3. The molecule has 24 heavy (non-hydrogen) atoms. The van der Waals surface area contributed by atoms with Crippen LogP contribution in [0.4, 0.5) is 26.3 Å². The van der Waals surface area contributed by atoms with Gasteiger partial charge in [0.1, 0.15) is 11.7 Å². The first kappa shape index (κ1) is 18.3. The average Bonchev–Trinajstić information content (AvgIpc) is 2.45. The van der Waals surface area contributed by atoms with Crippen molar-refractivity contribution >= 4 is 11.7 Å². The number of hydrogen-bond donors (Lipinski definition) is 0. The van der Waals surface area contributed by atoms with Crippen molar-refractivity contribution in [3.8, 4) is 0 Å². The lowest BCUT2D eigenvalue weighted by Gasteiger charge is -2.38. The van der Waals surface area contributed by atoms with E-state index in [-0.39, 0.29) is 18.2 Å². The van der Waals surface area contributed by atoms with E-state index in [1.54, 1.807) is 12.1 Å². The molecule has 9 heteroatoms. The van der Waals surface area contributed by atoms with E-state index in [0.717, 1.165) is 19.4 Å². The van der Waals surface area contributed by atoms with Crippen molar-refractivity contribution in [1.82, 2.24) is 4.90 Å². The van der Waals surface area contributed by atoms with Crippen molar-refractivity contribution in [3.63, 3.8) is 0 Å². The van der Waals surface area contributed by atoms with Crippen LogP contribution in [0.25, 0.3) is 0 Å². The first-order valence-corrected chi connectivity index (χ1v) is 7.06. The number of benzene rings is 1. The Labute approximate surface area is 134 Å². The van der Waals surface area contributed by atoms with Crippen molar-refractivity contribution in [2.75, 3.05) is 6.54 Å². The fourth-order valence-corrected chi connectivity index (χ4v) is 2.47. The number of aliphatic imine (C=N–C) groups is 2. The molecule has 1 aliphatic heterocycles. The van der Waals surface area contributed by atoms with Gasteiger partial charge in [-0.25, -0.2) is 9.98 Å². The maximum Gasteiger partial charge on any atom is 0.443 e. The molecule has 2 rings (SSSR count). The highest BCUT2D eigenvalue weighted by molar-refractivity contribution is 6.00. The molecular weight excluding hydrogens is 336 g/mol. The van der Waals surface area contributed by atoms with Gasteiger partial charge in [-0.05, 0) is 25.8 Å². The number of nitrogens with zero attached hydrogens (tertiary/aromatic N) is 3. The first-order valence-electron chi connectivity index (χ1n) is 7.06. The summed E-state index contributed by atoms with van der Waals surface area (Å²) >= 11 is 0. The van der Waals surface area contributed by atoms with Gasteiger partial charge in [0, 0.05) is 6.54 Å². The molecule has 0 atom stereocenters. The van der Waals surface area contributed by atoms with Gasteiger partial charge in [0.25, 0.3) is 0 Å². The van der Waals surface area contributed by atoms with Crippen LogP contribution in [0.1, 0.15) is 19.4 Å². The van der Waals surface area contributed by atoms with Gasteiger partial charge in [0.05, 0.1) is 0 Å². The van der Waals surface area contributed by atoms with Gasteiger partial charge in [-0.3, -0.25) is 0 Å². The van der Waals surface area contributed by atoms with E-state index in [0.29, 0.717) is 6.42 Å². The molecule has 1 aromatic rings. The minimum Gasteiger partial charge on any atom is -0.319 e. The molecule has 0 amide bonds. The van der Waals surface area contributed by atoms with Crippen LogP contribution in [0.5, 0.6) is 0 Å². The average molecular weight is 351 g/mol. The molecule has 0 fully saturated rings. The number of hydrogen-bond acceptors (Lipinski definition) is 3. The van der Waals surface area contributed by atoms with Gasteiger partial charge >= 0.3 is 18.0 Å². The first-order chi connectivity index (χ1) is 11.0. The molecule has 0 spiro atoms. The lowest BCUT2D eigenvalue weighted by Crippen LogP contribution is -2.58. The zero-order chi connectivity index (χ0) is 18.2. The molecule has 0 saturated heterocycles. The SMILES string of the molecule is CC1=NC(C(F)(F)F)(C(F)(F)F)N=C(C)N1CCc1ccccc1. The van der Waals surface area contributed by atoms with Crippen LogP contribution in [0.15, 0.2) is 40.3 Å². The minimum absolute atomic E-state index is 0.181. The van der Waals surface area contributed by atoms with Gasteiger partial charge in [-0.2, -0.15) is 26.3 Å². The molecule has 0 saturated carbocycles. The third kappa shape index (κ3) is 3.25. The number of halogens is 6. The molecule has 0 aliphatic carbocycles. The van der Waals surface area contributed by atoms with E-state index in [4.69, 9.17) is 0 Å². The lowest BCUT2D eigenvalue weighted by molar-refractivity contribution is -0.293.